The van der Waals surface area contributed by atoms with E-state index in [4.69, 9.17) is 0 Å². The molecule has 6 heteroatoms. The minimum absolute atomic E-state index is 0.112. The number of anilines is 1. The number of nitrogens with zero attached hydrogens (tertiary/aromatic N) is 3. The standard InChI is InChI=1S/C16H20N4O2/c1-4-10-17-14(21)9-11-20-13-8-6-5-7-12(13)18-15(16(20)22)19(2)3/h4-8H,1,9-11H2,2-3H3,(H,17,21). The zero-order valence-electron chi connectivity index (χ0n) is 12.9. The molecule has 0 aliphatic carbocycles. The lowest BCUT2D eigenvalue weighted by atomic mass is 10.2. The fraction of sp³-hybridized carbons (Fsp3) is 0.312. The van der Waals surface area contributed by atoms with E-state index in [2.05, 4.69) is 16.9 Å². The highest BCUT2D eigenvalue weighted by Gasteiger charge is 2.13. The number of para-hydroxylation sites is 2. The highest BCUT2D eigenvalue weighted by molar-refractivity contribution is 5.78. The van der Waals surface area contributed by atoms with Crippen LogP contribution in [0.1, 0.15) is 6.42 Å². The highest BCUT2D eigenvalue weighted by atomic mass is 16.2. The molecule has 0 atom stereocenters. The number of nitrogens with one attached hydrogen (secondary N) is 1. The fourth-order valence-corrected chi connectivity index (χ4v) is 2.18. The zero-order valence-corrected chi connectivity index (χ0v) is 12.9. The lowest BCUT2D eigenvalue weighted by Gasteiger charge is -2.16. The SMILES string of the molecule is C=CCNC(=O)CCn1c(=O)c(N(C)C)nc2ccccc21. The predicted octanol–water partition coefficient (Wildman–Crippen LogP) is 1.15. The third-order valence-electron chi connectivity index (χ3n) is 3.26. The quantitative estimate of drug-likeness (QED) is 0.813. The van der Waals surface area contributed by atoms with Crippen LogP contribution in [0.4, 0.5) is 5.82 Å². The van der Waals surface area contributed by atoms with E-state index < -0.39 is 0 Å². The third kappa shape index (κ3) is 3.33. The van der Waals surface area contributed by atoms with Crippen molar-refractivity contribution in [3.05, 3.63) is 47.3 Å². The summed E-state index contributed by atoms with van der Waals surface area (Å²) in [6.07, 6.45) is 1.85. The number of hydrogen-bond acceptors (Lipinski definition) is 4. The van der Waals surface area contributed by atoms with E-state index in [0.717, 1.165) is 11.0 Å². The van der Waals surface area contributed by atoms with Gasteiger partial charge in [-0.25, -0.2) is 4.98 Å². The maximum absolute atomic E-state index is 12.6. The number of carbonyl (C=O) groups excluding carboxylic acids is 1. The van der Waals surface area contributed by atoms with Gasteiger partial charge in [-0.05, 0) is 12.1 Å². The van der Waals surface area contributed by atoms with Crippen LogP contribution in [0.3, 0.4) is 0 Å². The molecule has 0 saturated heterocycles. The van der Waals surface area contributed by atoms with E-state index in [9.17, 15) is 9.59 Å². The van der Waals surface area contributed by atoms with Crippen LogP contribution >= 0.6 is 0 Å². The fourth-order valence-electron chi connectivity index (χ4n) is 2.18. The van der Waals surface area contributed by atoms with Crippen molar-refractivity contribution >= 4 is 22.8 Å². The highest BCUT2D eigenvalue weighted by Crippen LogP contribution is 2.13. The molecule has 1 heterocycles. The van der Waals surface area contributed by atoms with E-state index in [0.29, 0.717) is 18.9 Å². The van der Waals surface area contributed by atoms with Crippen molar-refractivity contribution < 1.29 is 4.79 Å². The van der Waals surface area contributed by atoms with Crippen LogP contribution in [-0.4, -0.2) is 36.1 Å². The molecular weight excluding hydrogens is 280 g/mol. The predicted molar refractivity (Wildman–Crippen MR) is 88.2 cm³/mol. The summed E-state index contributed by atoms with van der Waals surface area (Å²) in [6.45, 7) is 4.29. The summed E-state index contributed by atoms with van der Waals surface area (Å²) < 4.78 is 1.60. The Morgan fingerprint density at radius 3 is 2.82 bits per heavy atom. The molecule has 6 nitrogen and oxygen atoms in total. The Morgan fingerprint density at radius 1 is 1.41 bits per heavy atom. The Balaban J connectivity index is 2.38. The molecule has 1 aromatic carbocycles. The van der Waals surface area contributed by atoms with Crippen LogP contribution in [0.5, 0.6) is 0 Å². The molecule has 116 valence electrons. The minimum Gasteiger partial charge on any atom is -0.358 e. The molecule has 1 aromatic heterocycles. The van der Waals surface area contributed by atoms with Crippen molar-refractivity contribution in [2.45, 2.75) is 13.0 Å². The Bertz CT molecular complexity index is 749. The Hall–Kier alpha value is -2.63. The van der Waals surface area contributed by atoms with Gasteiger partial charge >= 0.3 is 0 Å². The number of carbonyl (C=O) groups is 1. The van der Waals surface area contributed by atoms with Crippen molar-refractivity contribution in [3.63, 3.8) is 0 Å². The number of amides is 1. The molecule has 2 aromatic rings. The summed E-state index contributed by atoms with van der Waals surface area (Å²) >= 11 is 0. The van der Waals surface area contributed by atoms with Crippen molar-refractivity contribution in [1.29, 1.82) is 0 Å². The van der Waals surface area contributed by atoms with E-state index in [1.807, 2.05) is 24.3 Å². The molecule has 0 aliphatic rings. The molecular formula is C16H20N4O2. The molecule has 22 heavy (non-hydrogen) atoms. The second kappa shape index (κ2) is 6.89. The van der Waals surface area contributed by atoms with E-state index >= 15 is 0 Å². The molecule has 1 amide bonds. The van der Waals surface area contributed by atoms with Gasteiger partial charge in [-0.15, -0.1) is 6.58 Å². The van der Waals surface area contributed by atoms with Gasteiger partial charge in [0.25, 0.3) is 5.56 Å². The first-order valence-corrected chi connectivity index (χ1v) is 7.09. The lowest BCUT2D eigenvalue weighted by Crippen LogP contribution is -2.31. The molecule has 0 bridgehead atoms. The van der Waals surface area contributed by atoms with Crippen molar-refractivity contribution in [3.8, 4) is 0 Å². The smallest absolute Gasteiger partial charge is 0.293 e. The molecule has 1 N–H and O–H groups in total. The average Bonchev–Trinajstić information content (AvgIpc) is 2.51. The number of rotatable bonds is 6. The number of aryl methyl sites for hydroxylation is 1. The number of benzene rings is 1. The van der Waals surface area contributed by atoms with Gasteiger partial charge in [0.1, 0.15) is 0 Å². The van der Waals surface area contributed by atoms with Crippen LogP contribution in [0.2, 0.25) is 0 Å². The van der Waals surface area contributed by atoms with Gasteiger partial charge in [-0.1, -0.05) is 18.2 Å². The summed E-state index contributed by atoms with van der Waals surface area (Å²) in [7, 11) is 3.55. The minimum atomic E-state index is -0.194. The van der Waals surface area contributed by atoms with Gasteiger partial charge in [0, 0.05) is 33.6 Å². The first-order valence-electron chi connectivity index (χ1n) is 7.09. The average molecular weight is 300 g/mol. The Kier molecular flexibility index (Phi) is 4.93. The van der Waals surface area contributed by atoms with Crippen LogP contribution < -0.4 is 15.8 Å². The summed E-state index contributed by atoms with van der Waals surface area (Å²) in [5, 5.41) is 2.71. The second-order valence-electron chi connectivity index (χ2n) is 5.12. The molecule has 0 spiro atoms. The topological polar surface area (TPSA) is 67.2 Å². The summed E-state index contributed by atoms with van der Waals surface area (Å²) in [4.78, 5) is 30.4. The van der Waals surface area contributed by atoms with Crippen LogP contribution in [0.15, 0.2) is 41.7 Å². The summed E-state index contributed by atoms with van der Waals surface area (Å²) in [6, 6.07) is 7.42. The van der Waals surface area contributed by atoms with Crippen LogP contribution in [0.25, 0.3) is 11.0 Å². The van der Waals surface area contributed by atoms with Gasteiger partial charge in [-0.3, -0.25) is 9.59 Å². The Morgan fingerprint density at radius 2 is 2.14 bits per heavy atom. The van der Waals surface area contributed by atoms with Gasteiger partial charge in [0.05, 0.1) is 11.0 Å². The maximum atomic E-state index is 12.6. The van der Waals surface area contributed by atoms with Gasteiger partial charge in [0.15, 0.2) is 5.82 Å². The number of aromatic nitrogens is 2. The molecule has 0 saturated carbocycles. The van der Waals surface area contributed by atoms with Crippen LogP contribution in [-0.2, 0) is 11.3 Å². The lowest BCUT2D eigenvalue weighted by molar-refractivity contribution is -0.121. The molecule has 0 radical (unpaired) electrons. The first-order chi connectivity index (χ1) is 10.5. The molecule has 0 fully saturated rings. The molecule has 0 unspecified atom stereocenters. The van der Waals surface area contributed by atoms with E-state index in [-0.39, 0.29) is 17.9 Å². The second-order valence-corrected chi connectivity index (χ2v) is 5.12. The normalized spacial score (nSPS) is 10.5. The summed E-state index contributed by atoms with van der Waals surface area (Å²) in [5.41, 5.74) is 1.27. The van der Waals surface area contributed by atoms with Crippen molar-refractivity contribution in [1.82, 2.24) is 14.9 Å². The first kappa shape index (κ1) is 15.8. The molecule has 2 rings (SSSR count). The Labute approximate surface area is 129 Å². The van der Waals surface area contributed by atoms with E-state index in [1.54, 1.807) is 29.6 Å². The van der Waals surface area contributed by atoms with Gasteiger partial charge in [0.2, 0.25) is 5.91 Å². The number of hydrogen-bond donors (Lipinski definition) is 1. The maximum Gasteiger partial charge on any atom is 0.293 e. The largest absolute Gasteiger partial charge is 0.358 e. The third-order valence-corrected chi connectivity index (χ3v) is 3.26. The van der Waals surface area contributed by atoms with E-state index in [1.165, 1.54) is 0 Å². The summed E-state index contributed by atoms with van der Waals surface area (Å²) in [5.74, 6) is 0.254. The van der Waals surface area contributed by atoms with Crippen LogP contribution in [0, 0.1) is 0 Å². The van der Waals surface area contributed by atoms with Gasteiger partial charge < -0.3 is 14.8 Å². The van der Waals surface area contributed by atoms with Gasteiger partial charge in [-0.2, -0.15) is 0 Å². The zero-order chi connectivity index (χ0) is 16.1. The number of fused-ring (bicyclic) bond motifs is 1. The van der Waals surface area contributed by atoms with Crippen molar-refractivity contribution in [2.24, 2.45) is 0 Å². The van der Waals surface area contributed by atoms with Crippen molar-refractivity contribution in [2.75, 3.05) is 25.5 Å². The monoisotopic (exact) mass is 300 g/mol. The molecule has 0 aliphatic heterocycles.